The summed E-state index contributed by atoms with van der Waals surface area (Å²) in [5.41, 5.74) is 2.63. The molecule has 0 aliphatic carbocycles. The lowest BCUT2D eigenvalue weighted by atomic mass is 9.97. The molecule has 172 valence electrons. The second kappa shape index (κ2) is 9.15. The first-order chi connectivity index (χ1) is 16.0. The molecule has 0 radical (unpaired) electrons. The maximum absolute atomic E-state index is 14.5. The van der Waals surface area contributed by atoms with Crippen molar-refractivity contribution in [3.63, 3.8) is 0 Å². The molecule has 0 bridgehead atoms. The van der Waals surface area contributed by atoms with Crippen molar-refractivity contribution in [2.75, 3.05) is 39.5 Å². The predicted octanol–water partition coefficient (Wildman–Crippen LogP) is 3.94. The molecule has 0 N–H and O–H groups in total. The van der Waals surface area contributed by atoms with Crippen molar-refractivity contribution in [1.82, 2.24) is 4.90 Å². The Morgan fingerprint density at radius 1 is 1.24 bits per heavy atom. The Morgan fingerprint density at radius 3 is 2.88 bits per heavy atom. The lowest BCUT2D eigenvalue weighted by Gasteiger charge is -2.39. The number of likely N-dealkylation sites (tertiary alicyclic amines) is 1. The first-order valence-corrected chi connectivity index (χ1v) is 11.3. The van der Waals surface area contributed by atoms with Gasteiger partial charge in [0, 0.05) is 47.6 Å². The van der Waals surface area contributed by atoms with Gasteiger partial charge in [-0.2, -0.15) is 0 Å². The molecule has 6 nitrogen and oxygen atoms in total. The van der Waals surface area contributed by atoms with Crippen molar-refractivity contribution in [1.29, 1.82) is 0 Å². The van der Waals surface area contributed by atoms with Crippen LogP contribution >= 0.6 is 11.6 Å². The molecule has 0 aromatic heterocycles. The number of ether oxygens (including phenoxy) is 3. The van der Waals surface area contributed by atoms with Crippen LogP contribution in [-0.4, -0.2) is 56.1 Å². The molecule has 3 aliphatic rings. The molecular formula is C25H23ClFNO5. The van der Waals surface area contributed by atoms with Gasteiger partial charge in [0.05, 0.1) is 25.4 Å². The maximum Gasteiger partial charge on any atom is 0.256 e. The number of ketones is 1. The summed E-state index contributed by atoms with van der Waals surface area (Å²) in [7, 11) is 0. The van der Waals surface area contributed by atoms with Gasteiger partial charge in [0.1, 0.15) is 23.9 Å². The van der Waals surface area contributed by atoms with Crippen molar-refractivity contribution in [3.05, 3.63) is 63.9 Å². The normalized spacial score (nSPS) is 18.2. The highest BCUT2D eigenvalue weighted by Gasteiger charge is 2.34. The van der Waals surface area contributed by atoms with Gasteiger partial charge in [-0.05, 0) is 36.3 Å². The fourth-order valence-electron chi connectivity index (χ4n) is 4.33. The Bertz CT molecular complexity index is 1140. The summed E-state index contributed by atoms with van der Waals surface area (Å²) in [5, 5.41) is 0.643. The average Bonchev–Trinajstić information content (AvgIpc) is 2.79. The molecule has 1 fully saturated rings. The quantitative estimate of drug-likeness (QED) is 0.661. The molecule has 5 rings (SSSR count). The molecule has 1 amide bonds. The Labute approximate surface area is 195 Å². The number of nitrogens with zero attached hydrogens (tertiary/aromatic N) is 1. The third-order valence-electron chi connectivity index (χ3n) is 6.13. The van der Waals surface area contributed by atoms with Crippen LogP contribution in [0.4, 0.5) is 4.39 Å². The van der Waals surface area contributed by atoms with Crippen LogP contribution in [0.25, 0.3) is 5.57 Å². The van der Waals surface area contributed by atoms with E-state index in [0.717, 1.165) is 23.3 Å². The van der Waals surface area contributed by atoms with Crippen molar-refractivity contribution in [2.45, 2.75) is 12.8 Å². The second-order valence-electron chi connectivity index (χ2n) is 8.53. The Hall–Kier alpha value is -2.90. The molecule has 2 aromatic rings. The molecule has 33 heavy (non-hydrogen) atoms. The van der Waals surface area contributed by atoms with Crippen LogP contribution in [0.5, 0.6) is 11.5 Å². The molecule has 0 unspecified atom stereocenters. The molecular weight excluding hydrogens is 449 g/mol. The van der Waals surface area contributed by atoms with Gasteiger partial charge >= 0.3 is 0 Å². The van der Waals surface area contributed by atoms with Crippen LogP contribution in [-0.2, 0) is 16.0 Å². The summed E-state index contributed by atoms with van der Waals surface area (Å²) in [6.45, 7) is 2.57. The zero-order valence-electron chi connectivity index (χ0n) is 17.9. The number of benzene rings is 2. The lowest BCUT2D eigenvalue weighted by molar-refractivity contribution is -0.121. The van der Waals surface area contributed by atoms with E-state index in [-0.39, 0.29) is 36.2 Å². The molecule has 0 spiro atoms. The fourth-order valence-corrected chi connectivity index (χ4v) is 4.50. The van der Waals surface area contributed by atoms with Gasteiger partial charge in [-0.1, -0.05) is 17.7 Å². The predicted molar refractivity (Wildman–Crippen MR) is 120 cm³/mol. The number of rotatable bonds is 5. The third kappa shape index (κ3) is 4.61. The Morgan fingerprint density at radius 2 is 2.09 bits per heavy atom. The minimum absolute atomic E-state index is 0.0298. The lowest BCUT2D eigenvalue weighted by Crippen LogP contribution is -2.52. The number of hydrogen-bond acceptors (Lipinski definition) is 5. The molecule has 1 saturated heterocycles. The third-order valence-corrected chi connectivity index (χ3v) is 6.36. The minimum Gasteiger partial charge on any atom is -0.493 e. The molecule has 8 heteroatoms. The second-order valence-corrected chi connectivity index (χ2v) is 8.96. The van der Waals surface area contributed by atoms with Crippen molar-refractivity contribution < 1.29 is 28.2 Å². The van der Waals surface area contributed by atoms with E-state index < -0.39 is 5.82 Å². The summed E-state index contributed by atoms with van der Waals surface area (Å²) >= 11 is 6.20. The molecule has 3 heterocycles. The van der Waals surface area contributed by atoms with Crippen LogP contribution in [0.3, 0.4) is 0 Å². The SMILES string of the molecule is O=C1COc2cc(F)c(C(=O)N3CC(COc4ccc(Cl)cc4C4=CCOCC4)C3)cc2C1. The number of amides is 1. The number of carbonyl (C=O) groups is 2. The van der Waals surface area contributed by atoms with E-state index in [0.29, 0.717) is 49.2 Å². The average molecular weight is 472 g/mol. The number of hydrogen-bond donors (Lipinski definition) is 0. The van der Waals surface area contributed by atoms with Crippen LogP contribution in [0.15, 0.2) is 36.4 Å². The first kappa shape index (κ1) is 21.9. The van der Waals surface area contributed by atoms with E-state index in [4.69, 9.17) is 25.8 Å². The van der Waals surface area contributed by atoms with Crippen LogP contribution in [0.2, 0.25) is 5.02 Å². The van der Waals surface area contributed by atoms with Gasteiger partial charge in [0.25, 0.3) is 5.91 Å². The van der Waals surface area contributed by atoms with Crippen LogP contribution in [0, 0.1) is 11.7 Å². The topological polar surface area (TPSA) is 65.1 Å². The Balaban J connectivity index is 1.21. The maximum atomic E-state index is 14.5. The summed E-state index contributed by atoms with van der Waals surface area (Å²) in [5.74, 6) is 0.116. The number of carbonyl (C=O) groups excluding carboxylic acids is 2. The van der Waals surface area contributed by atoms with Gasteiger partial charge in [-0.25, -0.2) is 4.39 Å². The fraction of sp³-hybridized carbons (Fsp3) is 0.360. The Kier molecular flexibility index (Phi) is 6.08. The number of Topliss-reactive ketones (excluding diaryl/α,β-unsaturated/α-hetero) is 1. The smallest absolute Gasteiger partial charge is 0.256 e. The molecule has 3 aliphatic heterocycles. The highest BCUT2D eigenvalue weighted by Crippen LogP contribution is 2.33. The van der Waals surface area contributed by atoms with Crippen LogP contribution in [0.1, 0.15) is 27.9 Å². The van der Waals surface area contributed by atoms with E-state index in [1.54, 1.807) is 11.0 Å². The summed E-state index contributed by atoms with van der Waals surface area (Å²) in [6, 6.07) is 8.20. The monoisotopic (exact) mass is 471 g/mol. The van der Waals surface area contributed by atoms with E-state index in [2.05, 4.69) is 0 Å². The number of fused-ring (bicyclic) bond motifs is 1. The van der Waals surface area contributed by atoms with Crippen molar-refractivity contribution in [3.8, 4) is 11.5 Å². The van der Waals surface area contributed by atoms with E-state index in [1.807, 2.05) is 18.2 Å². The zero-order chi connectivity index (χ0) is 22.9. The highest BCUT2D eigenvalue weighted by atomic mass is 35.5. The first-order valence-electron chi connectivity index (χ1n) is 10.9. The summed E-state index contributed by atoms with van der Waals surface area (Å²) < 4.78 is 31.2. The van der Waals surface area contributed by atoms with E-state index in [1.165, 1.54) is 12.1 Å². The summed E-state index contributed by atoms with van der Waals surface area (Å²) in [6.07, 6.45) is 2.99. The van der Waals surface area contributed by atoms with Gasteiger partial charge in [0.2, 0.25) is 0 Å². The van der Waals surface area contributed by atoms with Gasteiger partial charge in [0.15, 0.2) is 5.78 Å². The summed E-state index contributed by atoms with van der Waals surface area (Å²) in [4.78, 5) is 26.0. The largest absolute Gasteiger partial charge is 0.493 e. The molecule has 0 saturated carbocycles. The number of halogens is 2. The minimum atomic E-state index is -0.636. The molecule has 0 atom stereocenters. The van der Waals surface area contributed by atoms with Gasteiger partial charge in [-0.3, -0.25) is 9.59 Å². The van der Waals surface area contributed by atoms with E-state index in [9.17, 15) is 14.0 Å². The zero-order valence-corrected chi connectivity index (χ0v) is 18.7. The van der Waals surface area contributed by atoms with E-state index >= 15 is 0 Å². The van der Waals surface area contributed by atoms with Crippen LogP contribution < -0.4 is 9.47 Å². The standard InChI is InChI=1S/C25H23ClFNO5/c26-18-1-2-23(20(9-18)16-3-5-31-6-4-16)32-13-15-11-28(12-15)25(30)21-8-17-7-19(29)14-33-24(17)10-22(21)27/h1-3,8-10,15H,4-7,11-14H2. The van der Waals surface area contributed by atoms with Gasteiger partial charge < -0.3 is 19.1 Å². The van der Waals surface area contributed by atoms with Crippen molar-refractivity contribution in [2.24, 2.45) is 5.92 Å². The van der Waals surface area contributed by atoms with Crippen molar-refractivity contribution >= 4 is 28.9 Å². The van der Waals surface area contributed by atoms with Gasteiger partial charge in [-0.15, -0.1) is 0 Å². The molecule has 2 aromatic carbocycles. The highest BCUT2D eigenvalue weighted by molar-refractivity contribution is 6.30.